The van der Waals surface area contributed by atoms with Crippen molar-refractivity contribution in [3.05, 3.63) is 107 Å². The smallest absolute Gasteiger partial charge is 0.250 e. The molecule has 0 radical (unpaired) electrons. The maximum Gasteiger partial charge on any atom is 0.250 e. The number of benzene rings is 3. The van der Waals surface area contributed by atoms with Crippen molar-refractivity contribution in [2.24, 2.45) is 0 Å². The van der Waals surface area contributed by atoms with Gasteiger partial charge in [0.2, 0.25) is 5.91 Å². The standard InChI is InChI=1S/C27H24N2O2S/c1-19-8-13-23(14-9-19)26-20(2)32-27(29-26)28-25(30)17-12-21-10-15-24(16-11-21)31-18-22-6-4-3-5-7-22/h3-17H,18H2,1-2H3,(H,28,29,30). The monoisotopic (exact) mass is 440 g/mol. The molecule has 0 atom stereocenters. The van der Waals surface area contributed by atoms with E-state index >= 15 is 0 Å². The molecule has 4 rings (SSSR count). The van der Waals surface area contributed by atoms with E-state index in [2.05, 4.69) is 41.5 Å². The third kappa shape index (κ3) is 5.71. The van der Waals surface area contributed by atoms with Crippen LogP contribution < -0.4 is 10.1 Å². The number of aryl methyl sites for hydroxylation is 2. The minimum atomic E-state index is -0.210. The second-order valence-electron chi connectivity index (χ2n) is 7.46. The molecular formula is C27H24N2O2S. The predicted molar refractivity (Wildman–Crippen MR) is 132 cm³/mol. The normalized spacial score (nSPS) is 10.9. The Morgan fingerprint density at radius 3 is 2.41 bits per heavy atom. The molecule has 0 unspecified atom stereocenters. The van der Waals surface area contributed by atoms with Gasteiger partial charge in [-0.05, 0) is 43.2 Å². The van der Waals surface area contributed by atoms with Crippen molar-refractivity contribution in [1.29, 1.82) is 0 Å². The molecule has 1 N–H and O–H groups in total. The third-order valence-electron chi connectivity index (χ3n) is 4.91. The lowest BCUT2D eigenvalue weighted by Crippen LogP contribution is -2.07. The minimum absolute atomic E-state index is 0.210. The summed E-state index contributed by atoms with van der Waals surface area (Å²) in [5.41, 5.74) is 5.20. The largest absolute Gasteiger partial charge is 0.489 e. The van der Waals surface area contributed by atoms with Gasteiger partial charge in [-0.3, -0.25) is 10.1 Å². The first-order valence-corrected chi connectivity index (χ1v) is 11.2. The summed E-state index contributed by atoms with van der Waals surface area (Å²) in [5, 5.41) is 3.46. The Bertz CT molecular complexity index is 1210. The van der Waals surface area contributed by atoms with Crippen LogP contribution in [0.15, 0.2) is 84.9 Å². The molecule has 32 heavy (non-hydrogen) atoms. The summed E-state index contributed by atoms with van der Waals surface area (Å²) in [6, 6.07) is 25.9. The average Bonchev–Trinajstić information content (AvgIpc) is 3.18. The third-order valence-corrected chi connectivity index (χ3v) is 5.79. The molecule has 4 nitrogen and oxygen atoms in total. The molecule has 160 valence electrons. The van der Waals surface area contributed by atoms with E-state index in [4.69, 9.17) is 4.74 Å². The fraction of sp³-hybridized carbons (Fsp3) is 0.111. The maximum absolute atomic E-state index is 12.4. The summed E-state index contributed by atoms with van der Waals surface area (Å²) < 4.78 is 5.80. The maximum atomic E-state index is 12.4. The quantitative estimate of drug-likeness (QED) is 0.327. The first-order valence-electron chi connectivity index (χ1n) is 10.4. The lowest BCUT2D eigenvalue weighted by Gasteiger charge is -2.06. The molecule has 0 bridgehead atoms. The molecule has 4 aromatic rings. The molecule has 1 heterocycles. The number of amides is 1. The number of thiazole rings is 1. The summed E-state index contributed by atoms with van der Waals surface area (Å²) in [6.45, 7) is 4.59. The molecule has 0 saturated heterocycles. The van der Waals surface area contributed by atoms with Gasteiger partial charge in [-0.15, -0.1) is 11.3 Å². The van der Waals surface area contributed by atoms with Crippen molar-refractivity contribution >= 4 is 28.5 Å². The number of aromatic nitrogens is 1. The molecule has 0 aliphatic rings. The van der Waals surface area contributed by atoms with Gasteiger partial charge in [0.05, 0.1) is 5.69 Å². The number of rotatable bonds is 7. The lowest BCUT2D eigenvalue weighted by atomic mass is 10.1. The molecule has 0 aliphatic heterocycles. The highest BCUT2D eigenvalue weighted by Crippen LogP contribution is 2.30. The van der Waals surface area contributed by atoms with Gasteiger partial charge in [-0.1, -0.05) is 72.3 Å². The highest BCUT2D eigenvalue weighted by atomic mass is 32.1. The van der Waals surface area contributed by atoms with Crippen molar-refractivity contribution < 1.29 is 9.53 Å². The van der Waals surface area contributed by atoms with Gasteiger partial charge < -0.3 is 4.74 Å². The molecule has 0 aliphatic carbocycles. The molecule has 3 aromatic carbocycles. The number of hydrogen-bond acceptors (Lipinski definition) is 4. The van der Waals surface area contributed by atoms with Crippen molar-refractivity contribution in [2.45, 2.75) is 20.5 Å². The lowest BCUT2D eigenvalue weighted by molar-refractivity contribution is -0.111. The molecule has 0 fully saturated rings. The van der Waals surface area contributed by atoms with E-state index in [9.17, 15) is 4.79 Å². The zero-order valence-electron chi connectivity index (χ0n) is 18.0. The van der Waals surface area contributed by atoms with Crippen LogP contribution in [-0.4, -0.2) is 10.9 Å². The Morgan fingerprint density at radius 2 is 1.69 bits per heavy atom. The number of anilines is 1. The van der Waals surface area contributed by atoms with E-state index in [0.29, 0.717) is 11.7 Å². The van der Waals surface area contributed by atoms with Crippen molar-refractivity contribution in [1.82, 2.24) is 4.98 Å². The zero-order valence-corrected chi connectivity index (χ0v) is 18.9. The van der Waals surface area contributed by atoms with E-state index in [1.807, 2.05) is 61.5 Å². The zero-order chi connectivity index (χ0) is 22.3. The van der Waals surface area contributed by atoms with Crippen LogP contribution in [0.3, 0.4) is 0 Å². The SMILES string of the molecule is Cc1ccc(-c2nc(NC(=O)C=Cc3ccc(OCc4ccccc4)cc3)sc2C)cc1. The predicted octanol–water partition coefficient (Wildman–Crippen LogP) is 6.66. The average molecular weight is 441 g/mol. The fourth-order valence-electron chi connectivity index (χ4n) is 3.16. The van der Waals surface area contributed by atoms with Gasteiger partial charge in [0.1, 0.15) is 12.4 Å². The topological polar surface area (TPSA) is 51.2 Å². The van der Waals surface area contributed by atoms with Crippen LogP contribution in [0.1, 0.15) is 21.6 Å². The van der Waals surface area contributed by atoms with Crippen LogP contribution in [0.2, 0.25) is 0 Å². The molecule has 0 spiro atoms. The molecule has 1 amide bonds. The molecule has 1 aromatic heterocycles. The van der Waals surface area contributed by atoms with Crippen LogP contribution in [0, 0.1) is 13.8 Å². The van der Waals surface area contributed by atoms with Gasteiger partial charge >= 0.3 is 0 Å². The molecular weight excluding hydrogens is 416 g/mol. The van der Waals surface area contributed by atoms with E-state index < -0.39 is 0 Å². The Hall–Kier alpha value is -3.70. The van der Waals surface area contributed by atoms with Crippen LogP contribution >= 0.6 is 11.3 Å². The minimum Gasteiger partial charge on any atom is -0.489 e. The van der Waals surface area contributed by atoms with Gasteiger partial charge in [-0.25, -0.2) is 4.98 Å². The Balaban J connectivity index is 1.33. The Kier molecular flexibility index (Phi) is 6.78. The second kappa shape index (κ2) is 10.1. The summed E-state index contributed by atoms with van der Waals surface area (Å²) in [7, 11) is 0. The summed E-state index contributed by atoms with van der Waals surface area (Å²) in [4.78, 5) is 18.0. The number of ether oxygens (including phenoxy) is 1. The number of hydrogen-bond donors (Lipinski definition) is 1. The first kappa shape index (κ1) is 21.5. The van der Waals surface area contributed by atoms with Crippen molar-refractivity contribution in [3.63, 3.8) is 0 Å². The summed E-state index contributed by atoms with van der Waals surface area (Å²) >= 11 is 1.48. The summed E-state index contributed by atoms with van der Waals surface area (Å²) in [6.07, 6.45) is 3.29. The first-order chi connectivity index (χ1) is 15.6. The Labute approximate surface area is 192 Å². The van der Waals surface area contributed by atoms with Gasteiger partial charge in [0.15, 0.2) is 5.13 Å². The van der Waals surface area contributed by atoms with Gasteiger partial charge in [0, 0.05) is 16.5 Å². The van der Waals surface area contributed by atoms with Gasteiger partial charge in [0.25, 0.3) is 0 Å². The highest BCUT2D eigenvalue weighted by molar-refractivity contribution is 7.16. The van der Waals surface area contributed by atoms with E-state index in [-0.39, 0.29) is 5.91 Å². The van der Waals surface area contributed by atoms with Crippen LogP contribution in [0.5, 0.6) is 5.75 Å². The second-order valence-corrected chi connectivity index (χ2v) is 8.66. The highest BCUT2D eigenvalue weighted by Gasteiger charge is 2.11. The molecule has 5 heteroatoms. The fourth-order valence-corrected chi connectivity index (χ4v) is 4.00. The van der Waals surface area contributed by atoms with Crippen molar-refractivity contribution in [3.8, 4) is 17.0 Å². The van der Waals surface area contributed by atoms with Crippen LogP contribution in [0.25, 0.3) is 17.3 Å². The number of carbonyl (C=O) groups excluding carboxylic acids is 1. The number of nitrogens with zero attached hydrogens (tertiary/aromatic N) is 1. The van der Waals surface area contributed by atoms with E-state index in [1.54, 1.807) is 6.08 Å². The van der Waals surface area contributed by atoms with Gasteiger partial charge in [-0.2, -0.15) is 0 Å². The van der Waals surface area contributed by atoms with E-state index in [1.165, 1.54) is 23.0 Å². The van der Waals surface area contributed by atoms with Crippen molar-refractivity contribution in [2.75, 3.05) is 5.32 Å². The number of nitrogens with one attached hydrogen (secondary N) is 1. The summed E-state index contributed by atoms with van der Waals surface area (Å²) in [5.74, 6) is 0.580. The van der Waals surface area contributed by atoms with Crippen LogP contribution in [-0.2, 0) is 11.4 Å². The van der Waals surface area contributed by atoms with E-state index in [0.717, 1.165) is 33.0 Å². The number of carbonyl (C=O) groups is 1. The Morgan fingerprint density at radius 1 is 0.969 bits per heavy atom. The van der Waals surface area contributed by atoms with Crippen LogP contribution in [0.4, 0.5) is 5.13 Å². The molecule has 0 saturated carbocycles.